The van der Waals surface area contributed by atoms with E-state index in [4.69, 9.17) is 0 Å². The van der Waals surface area contributed by atoms with Crippen LogP contribution in [0.5, 0.6) is 0 Å². The zero-order valence-electron chi connectivity index (χ0n) is 16.8. The van der Waals surface area contributed by atoms with Crippen molar-refractivity contribution in [1.29, 1.82) is 0 Å². The molecule has 1 N–H and O–H groups in total. The molecular formula is C23H23F3N2O. The Labute approximate surface area is 168 Å². The Kier molecular flexibility index (Phi) is 5.55. The van der Waals surface area contributed by atoms with Gasteiger partial charge in [-0.05, 0) is 56.5 Å². The van der Waals surface area contributed by atoms with E-state index in [1.165, 1.54) is 16.7 Å². The molecule has 0 atom stereocenters. The highest BCUT2D eigenvalue weighted by molar-refractivity contribution is 6.06. The predicted octanol–water partition coefficient (Wildman–Crippen LogP) is 6.24. The number of halogens is 3. The summed E-state index contributed by atoms with van der Waals surface area (Å²) in [5, 5.41) is 2.95. The van der Waals surface area contributed by atoms with E-state index in [0.717, 1.165) is 29.3 Å². The van der Waals surface area contributed by atoms with Gasteiger partial charge in [-0.3, -0.25) is 4.79 Å². The molecule has 0 unspecified atom stereocenters. The molecule has 0 saturated carbocycles. The molecule has 3 aromatic rings. The first-order valence-electron chi connectivity index (χ1n) is 9.40. The lowest BCUT2D eigenvalue weighted by Crippen LogP contribution is -2.16. The van der Waals surface area contributed by atoms with Crippen LogP contribution in [0, 0.1) is 20.8 Å². The summed E-state index contributed by atoms with van der Waals surface area (Å²) in [6.07, 6.45) is -3.73. The summed E-state index contributed by atoms with van der Waals surface area (Å²) in [5.41, 5.74) is 3.35. The number of nitrogens with one attached hydrogen (secondary N) is 1. The maximum absolute atomic E-state index is 13.5. The van der Waals surface area contributed by atoms with Gasteiger partial charge in [-0.1, -0.05) is 37.3 Å². The van der Waals surface area contributed by atoms with Gasteiger partial charge in [-0.2, -0.15) is 13.2 Å². The van der Waals surface area contributed by atoms with E-state index >= 15 is 0 Å². The van der Waals surface area contributed by atoms with Crippen LogP contribution < -0.4 is 5.32 Å². The van der Waals surface area contributed by atoms with Crippen molar-refractivity contribution < 1.29 is 18.0 Å². The van der Waals surface area contributed by atoms with E-state index in [2.05, 4.69) is 5.32 Å². The van der Waals surface area contributed by atoms with Gasteiger partial charge in [0.2, 0.25) is 0 Å². The van der Waals surface area contributed by atoms with Gasteiger partial charge in [-0.15, -0.1) is 0 Å². The fourth-order valence-corrected chi connectivity index (χ4v) is 3.65. The Bertz CT molecular complexity index is 1060. The standard InChI is InChI=1S/C23H23F3N2O/c1-5-17-10-8-9-14(2)21(17)27-22(29)18-13-15(3)28(16(18)4)20-12-7-6-11-19(20)23(24,25)26/h6-13H,5H2,1-4H3,(H,27,29). The van der Waals surface area contributed by atoms with E-state index in [1.54, 1.807) is 26.0 Å². The van der Waals surface area contributed by atoms with Gasteiger partial charge >= 0.3 is 6.18 Å². The number of rotatable bonds is 4. The van der Waals surface area contributed by atoms with Gasteiger partial charge in [0.25, 0.3) is 5.91 Å². The second-order valence-corrected chi connectivity index (χ2v) is 7.05. The fraction of sp³-hybridized carbons (Fsp3) is 0.261. The van der Waals surface area contributed by atoms with Gasteiger partial charge in [0, 0.05) is 17.1 Å². The van der Waals surface area contributed by atoms with Crippen molar-refractivity contribution in [3.8, 4) is 5.69 Å². The number of nitrogens with zero attached hydrogens (tertiary/aromatic N) is 1. The number of hydrogen-bond acceptors (Lipinski definition) is 1. The molecule has 0 spiro atoms. The van der Waals surface area contributed by atoms with Crippen molar-refractivity contribution >= 4 is 11.6 Å². The smallest absolute Gasteiger partial charge is 0.321 e. The molecule has 152 valence electrons. The normalized spacial score (nSPS) is 11.6. The molecular weight excluding hydrogens is 377 g/mol. The zero-order valence-corrected chi connectivity index (χ0v) is 16.8. The van der Waals surface area contributed by atoms with Crippen molar-refractivity contribution in [2.24, 2.45) is 0 Å². The monoisotopic (exact) mass is 400 g/mol. The molecule has 3 nitrogen and oxygen atoms in total. The molecule has 1 amide bonds. The molecule has 0 aliphatic carbocycles. The number of amides is 1. The van der Waals surface area contributed by atoms with E-state index in [1.807, 2.05) is 32.0 Å². The number of benzene rings is 2. The fourth-order valence-electron chi connectivity index (χ4n) is 3.65. The first kappa shape index (κ1) is 20.7. The largest absolute Gasteiger partial charge is 0.418 e. The molecule has 0 saturated heterocycles. The second kappa shape index (κ2) is 7.78. The first-order valence-corrected chi connectivity index (χ1v) is 9.40. The Hall–Kier alpha value is -3.02. The SMILES string of the molecule is CCc1cccc(C)c1NC(=O)c1cc(C)n(-c2ccccc2C(F)(F)F)c1C. The maximum Gasteiger partial charge on any atom is 0.418 e. The number of alkyl halides is 3. The minimum Gasteiger partial charge on any atom is -0.321 e. The van der Waals surface area contributed by atoms with Crippen LogP contribution in [0.2, 0.25) is 0 Å². The summed E-state index contributed by atoms with van der Waals surface area (Å²) in [6, 6.07) is 12.8. The van der Waals surface area contributed by atoms with Gasteiger partial charge in [-0.25, -0.2) is 0 Å². The van der Waals surface area contributed by atoms with Crippen LogP contribution in [0.1, 0.15) is 45.4 Å². The highest BCUT2D eigenvalue weighted by Crippen LogP contribution is 2.35. The maximum atomic E-state index is 13.5. The van der Waals surface area contributed by atoms with Crippen molar-refractivity contribution in [3.63, 3.8) is 0 Å². The Balaban J connectivity index is 2.05. The number of aryl methyl sites for hydroxylation is 3. The van der Waals surface area contributed by atoms with Crippen LogP contribution >= 0.6 is 0 Å². The number of hydrogen-bond donors (Lipinski definition) is 1. The lowest BCUT2D eigenvalue weighted by molar-refractivity contribution is -0.137. The van der Waals surface area contributed by atoms with Crippen molar-refractivity contribution in [2.45, 2.75) is 40.3 Å². The minimum atomic E-state index is -4.49. The van der Waals surface area contributed by atoms with E-state index in [0.29, 0.717) is 17.0 Å². The van der Waals surface area contributed by atoms with E-state index in [9.17, 15) is 18.0 Å². The van der Waals surface area contributed by atoms with Crippen LogP contribution in [0.4, 0.5) is 18.9 Å². The van der Waals surface area contributed by atoms with Gasteiger partial charge in [0.1, 0.15) is 0 Å². The van der Waals surface area contributed by atoms with Crippen molar-refractivity contribution in [2.75, 3.05) is 5.32 Å². The predicted molar refractivity (Wildman–Crippen MR) is 109 cm³/mol. The molecule has 29 heavy (non-hydrogen) atoms. The average Bonchev–Trinajstić information content (AvgIpc) is 2.96. The molecule has 6 heteroatoms. The van der Waals surface area contributed by atoms with Crippen LogP contribution in [-0.4, -0.2) is 10.5 Å². The third-order valence-electron chi connectivity index (χ3n) is 5.10. The molecule has 0 aliphatic heterocycles. The molecule has 2 aromatic carbocycles. The van der Waals surface area contributed by atoms with Crippen LogP contribution in [0.15, 0.2) is 48.5 Å². The minimum absolute atomic E-state index is 0.0131. The molecule has 1 heterocycles. The lowest BCUT2D eigenvalue weighted by atomic mass is 10.1. The van der Waals surface area contributed by atoms with Gasteiger partial charge in [0.05, 0.1) is 16.8 Å². The summed E-state index contributed by atoms with van der Waals surface area (Å²) in [6.45, 7) is 7.28. The van der Waals surface area contributed by atoms with E-state index < -0.39 is 11.7 Å². The third kappa shape index (κ3) is 3.92. The highest BCUT2D eigenvalue weighted by atomic mass is 19.4. The van der Waals surface area contributed by atoms with Crippen molar-refractivity contribution in [3.05, 3.63) is 82.2 Å². The summed E-state index contributed by atoms with van der Waals surface area (Å²) in [4.78, 5) is 13.0. The molecule has 0 radical (unpaired) electrons. The quantitative estimate of drug-likeness (QED) is 0.553. The summed E-state index contributed by atoms with van der Waals surface area (Å²) in [5.74, 6) is -0.335. The van der Waals surface area contributed by atoms with E-state index in [-0.39, 0.29) is 11.6 Å². The van der Waals surface area contributed by atoms with Crippen LogP contribution in [0.3, 0.4) is 0 Å². The number of para-hydroxylation sites is 2. The number of aromatic nitrogens is 1. The third-order valence-corrected chi connectivity index (χ3v) is 5.10. The Morgan fingerprint density at radius 2 is 1.72 bits per heavy atom. The number of carbonyl (C=O) groups is 1. The average molecular weight is 400 g/mol. The molecule has 1 aromatic heterocycles. The first-order chi connectivity index (χ1) is 13.6. The van der Waals surface area contributed by atoms with Gasteiger partial charge < -0.3 is 9.88 Å². The molecule has 0 bridgehead atoms. The second-order valence-electron chi connectivity index (χ2n) is 7.05. The molecule has 0 aliphatic rings. The zero-order chi connectivity index (χ0) is 21.3. The number of carbonyl (C=O) groups excluding carboxylic acids is 1. The summed E-state index contributed by atoms with van der Waals surface area (Å²) in [7, 11) is 0. The summed E-state index contributed by atoms with van der Waals surface area (Å²) < 4.78 is 41.9. The topological polar surface area (TPSA) is 34.0 Å². The lowest BCUT2D eigenvalue weighted by Gasteiger charge is -2.17. The molecule has 0 fully saturated rings. The number of anilines is 1. The molecule has 3 rings (SSSR count). The van der Waals surface area contributed by atoms with Crippen LogP contribution in [-0.2, 0) is 12.6 Å². The summed E-state index contributed by atoms with van der Waals surface area (Å²) >= 11 is 0. The van der Waals surface area contributed by atoms with Gasteiger partial charge in [0.15, 0.2) is 0 Å². The Morgan fingerprint density at radius 1 is 1.03 bits per heavy atom. The highest BCUT2D eigenvalue weighted by Gasteiger charge is 2.34. The van der Waals surface area contributed by atoms with Crippen LogP contribution in [0.25, 0.3) is 5.69 Å². The Morgan fingerprint density at radius 3 is 2.38 bits per heavy atom. The van der Waals surface area contributed by atoms with Crippen molar-refractivity contribution in [1.82, 2.24) is 4.57 Å².